The van der Waals surface area contributed by atoms with E-state index in [9.17, 15) is 4.79 Å². The van der Waals surface area contributed by atoms with Gasteiger partial charge in [0.2, 0.25) is 5.95 Å². The molecule has 7 heteroatoms. The SMILES string of the molecule is Nc1nc2cc(N3CCC(C(=O)O)CC3)ccn2n1. The Hall–Kier alpha value is -2.31. The van der Waals surface area contributed by atoms with Crippen LogP contribution in [-0.4, -0.2) is 38.8 Å². The minimum absolute atomic E-state index is 0.219. The number of nitrogens with zero attached hydrogens (tertiary/aromatic N) is 4. The molecule has 2 aromatic heterocycles. The highest BCUT2D eigenvalue weighted by molar-refractivity contribution is 5.70. The zero-order valence-electron chi connectivity index (χ0n) is 10.4. The van der Waals surface area contributed by atoms with Crippen LogP contribution in [-0.2, 0) is 4.79 Å². The second-order valence-electron chi connectivity index (χ2n) is 4.76. The van der Waals surface area contributed by atoms with Crippen molar-refractivity contribution in [2.45, 2.75) is 12.8 Å². The summed E-state index contributed by atoms with van der Waals surface area (Å²) in [7, 11) is 0. The molecule has 2 aromatic rings. The Morgan fingerprint density at radius 2 is 2.16 bits per heavy atom. The van der Waals surface area contributed by atoms with Gasteiger partial charge in [0, 0.05) is 31.0 Å². The standard InChI is InChI=1S/C12H15N5O2/c13-12-14-10-7-9(3-6-17(10)15-12)16-4-1-8(2-5-16)11(18)19/h3,6-8H,1-2,4-5H2,(H2,13,15)(H,18,19). The van der Waals surface area contributed by atoms with Gasteiger partial charge in [-0.05, 0) is 18.9 Å². The molecule has 1 saturated heterocycles. The van der Waals surface area contributed by atoms with E-state index in [0.29, 0.717) is 18.5 Å². The third-order valence-electron chi connectivity index (χ3n) is 3.55. The van der Waals surface area contributed by atoms with Gasteiger partial charge in [-0.2, -0.15) is 4.98 Å². The fraction of sp³-hybridized carbons (Fsp3) is 0.417. The first-order chi connectivity index (χ1) is 9.13. The molecule has 0 saturated carbocycles. The molecule has 0 unspecified atom stereocenters. The Kier molecular flexibility index (Phi) is 2.73. The number of carboxylic acid groups (broad SMARTS) is 1. The van der Waals surface area contributed by atoms with Crippen molar-refractivity contribution in [3.63, 3.8) is 0 Å². The molecule has 1 aliphatic heterocycles. The number of pyridine rings is 1. The van der Waals surface area contributed by atoms with E-state index in [-0.39, 0.29) is 11.9 Å². The lowest BCUT2D eigenvalue weighted by atomic mass is 9.97. The number of carboxylic acids is 1. The van der Waals surface area contributed by atoms with E-state index in [1.165, 1.54) is 0 Å². The molecule has 0 atom stereocenters. The van der Waals surface area contributed by atoms with Crippen LogP contribution in [0.15, 0.2) is 18.3 Å². The second-order valence-corrected chi connectivity index (χ2v) is 4.76. The van der Waals surface area contributed by atoms with Crippen LogP contribution in [0.25, 0.3) is 5.65 Å². The zero-order valence-corrected chi connectivity index (χ0v) is 10.4. The molecule has 3 heterocycles. The number of anilines is 2. The van der Waals surface area contributed by atoms with Crippen molar-refractivity contribution in [2.75, 3.05) is 23.7 Å². The van der Waals surface area contributed by atoms with E-state index < -0.39 is 5.97 Å². The fourth-order valence-corrected chi connectivity index (χ4v) is 2.47. The highest BCUT2D eigenvalue weighted by Crippen LogP contribution is 2.24. The molecule has 7 nitrogen and oxygen atoms in total. The lowest BCUT2D eigenvalue weighted by Crippen LogP contribution is -2.36. The molecule has 0 aromatic carbocycles. The van der Waals surface area contributed by atoms with Gasteiger partial charge in [-0.15, -0.1) is 5.10 Å². The van der Waals surface area contributed by atoms with E-state index in [4.69, 9.17) is 10.8 Å². The maximum absolute atomic E-state index is 10.9. The summed E-state index contributed by atoms with van der Waals surface area (Å²) in [5.41, 5.74) is 7.28. The number of hydrogen-bond donors (Lipinski definition) is 2. The number of fused-ring (bicyclic) bond motifs is 1. The van der Waals surface area contributed by atoms with E-state index in [2.05, 4.69) is 15.0 Å². The predicted molar refractivity (Wildman–Crippen MR) is 70.0 cm³/mol. The lowest BCUT2D eigenvalue weighted by molar-refractivity contribution is -0.142. The molecular formula is C12H15N5O2. The summed E-state index contributed by atoms with van der Waals surface area (Å²) in [4.78, 5) is 17.2. The molecule has 1 fully saturated rings. The summed E-state index contributed by atoms with van der Waals surface area (Å²) in [5, 5.41) is 13.0. The molecular weight excluding hydrogens is 246 g/mol. The van der Waals surface area contributed by atoms with Gasteiger partial charge in [0.05, 0.1) is 5.92 Å². The molecule has 1 aliphatic rings. The molecule has 0 bridgehead atoms. The van der Waals surface area contributed by atoms with Crippen LogP contribution in [0.1, 0.15) is 12.8 Å². The van der Waals surface area contributed by atoms with Crippen molar-refractivity contribution in [2.24, 2.45) is 5.92 Å². The monoisotopic (exact) mass is 261 g/mol. The first-order valence-electron chi connectivity index (χ1n) is 6.23. The third kappa shape index (κ3) is 2.18. The van der Waals surface area contributed by atoms with Gasteiger partial charge >= 0.3 is 5.97 Å². The third-order valence-corrected chi connectivity index (χ3v) is 3.55. The quantitative estimate of drug-likeness (QED) is 0.822. The average molecular weight is 261 g/mol. The Morgan fingerprint density at radius 1 is 1.42 bits per heavy atom. The summed E-state index contributed by atoms with van der Waals surface area (Å²) < 4.78 is 1.63. The highest BCUT2D eigenvalue weighted by atomic mass is 16.4. The Bertz CT molecular complexity index is 616. The van der Waals surface area contributed by atoms with Crippen LogP contribution in [0.2, 0.25) is 0 Å². The van der Waals surface area contributed by atoms with Crippen molar-refractivity contribution < 1.29 is 9.90 Å². The topological polar surface area (TPSA) is 96.8 Å². The van der Waals surface area contributed by atoms with E-state index in [1.54, 1.807) is 4.52 Å². The van der Waals surface area contributed by atoms with Gasteiger partial charge in [0.1, 0.15) is 0 Å². The number of aliphatic carboxylic acids is 1. The van der Waals surface area contributed by atoms with E-state index in [1.807, 2.05) is 18.3 Å². The van der Waals surface area contributed by atoms with Crippen LogP contribution < -0.4 is 10.6 Å². The van der Waals surface area contributed by atoms with Crippen molar-refractivity contribution in [3.05, 3.63) is 18.3 Å². The summed E-state index contributed by atoms with van der Waals surface area (Å²) in [6.45, 7) is 1.49. The van der Waals surface area contributed by atoms with Crippen LogP contribution in [0, 0.1) is 5.92 Å². The molecule has 3 N–H and O–H groups in total. The van der Waals surface area contributed by atoms with Crippen LogP contribution in [0.5, 0.6) is 0 Å². The van der Waals surface area contributed by atoms with Crippen molar-refractivity contribution in [1.29, 1.82) is 0 Å². The molecule has 0 radical (unpaired) electrons. The minimum Gasteiger partial charge on any atom is -0.481 e. The Morgan fingerprint density at radius 3 is 2.84 bits per heavy atom. The number of rotatable bonds is 2. The van der Waals surface area contributed by atoms with Gasteiger partial charge in [-0.3, -0.25) is 4.79 Å². The molecule has 0 amide bonds. The summed E-state index contributed by atoms with van der Waals surface area (Å²) in [6, 6.07) is 3.87. The second kappa shape index (κ2) is 4.42. The van der Waals surface area contributed by atoms with Crippen molar-refractivity contribution >= 4 is 23.3 Å². The summed E-state index contributed by atoms with van der Waals surface area (Å²) in [6.07, 6.45) is 3.17. The van der Waals surface area contributed by atoms with Crippen LogP contribution in [0.3, 0.4) is 0 Å². The van der Waals surface area contributed by atoms with Gasteiger partial charge in [0.25, 0.3) is 0 Å². The summed E-state index contributed by atoms with van der Waals surface area (Å²) >= 11 is 0. The molecule has 100 valence electrons. The smallest absolute Gasteiger partial charge is 0.306 e. The average Bonchev–Trinajstić information content (AvgIpc) is 2.77. The normalized spacial score (nSPS) is 16.9. The first-order valence-corrected chi connectivity index (χ1v) is 6.23. The first kappa shape index (κ1) is 11.8. The Labute approximate surface area is 109 Å². The zero-order chi connectivity index (χ0) is 13.4. The lowest BCUT2D eigenvalue weighted by Gasteiger charge is -2.31. The van der Waals surface area contributed by atoms with Crippen molar-refractivity contribution in [1.82, 2.24) is 14.6 Å². The maximum atomic E-state index is 10.9. The van der Waals surface area contributed by atoms with Gasteiger partial charge in [-0.1, -0.05) is 0 Å². The molecule has 19 heavy (non-hydrogen) atoms. The minimum atomic E-state index is -0.694. The summed E-state index contributed by atoms with van der Waals surface area (Å²) in [5.74, 6) is -0.661. The number of nitrogens with two attached hydrogens (primary N) is 1. The van der Waals surface area contributed by atoms with E-state index >= 15 is 0 Å². The maximum Gasteiger partial charge on any atom is 0.306 e. The Balaban J connectivity index is 1.79. The molecule has 0 spiro atoms. The number of aromatic nitrogens is 3. The number of hydrogen-bond acceptors (Lipinski definition) is 5. The van der Waals surface area contributed by atoms with Crippen LogP contribution in [0.4, 0.5) is 11.6 Å². The van der Waals surface area contributed by atoms with Crippen LogP contribution >= 0.6 is 0 Å². The van der Waals surface area contributed by atoms with Gasteiger partial charge in [-0.25, -0.2) is 4.52 Å². The predicted octanol–water partition coefficient (Wildman–Crippen LogP) is 0.612. The van der Waals surface area contributed by atoms with Crippen molar-refractivity contribution in [3.8, 4) is 0 Å². The highest BCUT2D eigenvalue weighted by Gasteiger charge is 2.24. The number of piperidine rings is 1. The fourth-order valence-electron chi connectivity index (χ4n) is 2.47. The number of nitrogen functional groups attached to an aromatic ring is 1. The molecule has 3 rings (SSSR count). The molecule has 0 aliphatic carbocycles. The number of carbonyl (C=O) groups is 1. The van der Waals surface area contributed by atoms with Gasteiger partial charge in [0.15, 0.2) is 5.65 Å². The van der Waals surface area contributed by atoms with Gasteiger partial charge < -0.3 is 15.7 Å². The largest absolute Gasteiger partial charge is 0.481 e. The van der Waals surface area contributed by atoms with E-state index in [0.717, 1.165) is 18.8 Å².